The number of Topliss-reactive ketones (excluding diaryl/α,β-unsaturated/α-hetero) is 1. The van der Waals surface area contributed by atoms with Crippen LogP contribution in [0.5, 0.6) is 0 Å². The van der Waals surface area contributed by atoms with Crippen LogP contribution in [-0.2, 0) is 22.4 Å². The SMILES string of the molecule is CC(O)(CC(=O)CCCc1nc2ccc(C#N)cc2n1C(C)(C)C(F)(F)F)c1ccccc1. The Morgan fingerprint density at radius 3 is 2.39 bits per heavy atom. The quantitative estimate of drug-likeness (QED) is 0.492. The van der Waals surface area contributed by atoms with Crippen molar-refractivity contribution in [3.63, 3.8) is 0 Å². The molecular weight excluding hydrogens is 431 g/mol. The molecule has 1 aromatic heterocycles. The maximum Gasteiger partial charge on any atom is 0.411 e. The van der Waals surface area contributed by atoms with Crippen LogP contribution in [0.1, 0.15) is 57.0 Å². The maximum atomic E-state index is 13.9. The van der Waals surface area contributed by atoms with Gasteiger partial charge in [0.2, 0.25) is 0 Å². The van der Waals surface area contributed by atoms with Crippen molar-refractivity contribution in [3.8, 4) is 6.07 Å². The van der Waals surface area contributed by atoms with Gasteiger partial charge in [0.1, 0.15) is 17.1 Å². The first-order chi connectivity index (χ1) is 15.4. The lowest BCUT2D eigenvalue weighted by molar-refractivity contribution is -0.202. The molecular formula is C25H26F3N3O2. The molecule has 2 aromatic carbocycles. The largest absolute Gasteiger partial charge is 0.411 e. The molecule has 0 saturated carbocycles. The van der Waals surface area contributed by atoms with Gasteiger partial charge >= 0.3 is 6.18 Å². The van der Waals surface area contributed by atoms with E-state index in [4.69, 9.17) is 0 Å². The zero-order valence-corrected chi connectivity index (χ0v) is 18.8. The molecule has 3 aromatic rings. The molecule has 5 nitrogen and oxygen atoms in total. The number of nitrogens with zero attached hydrogens (tertiary/aromatic N) is 3. The van der Waals surface area contributed by atoms with Gasteiger partial charge in [-0.25, -0.2) is 4.98 Å². The minimum absolute atomic E-state index is 0.0903. The highest BCUT2D eigenvalue weighted by atomic mass is 19.4. The highest BCUT2D eigenvalue weighted by molar-refractivity contribution is 5.80. The van der Waals surface area contributed by atoms with E-state index in [1.165, 1.54) is 18.2 Å². The molecule has 0 fully saturated rings. The van der Waals surface area contributed by atoms with E-state index in [2.05, 4.69) is 4.98 Å². The Morgan fingerprint density at radius 2 is 1.79 bits per heavy atom. The number of halogens is 3. The summed E-state index contributed by atoms with van der Waals surface area (Å²) in [6.45, 7) is 3.70. The molecule has 0 saturated heterocycles. The Bertz CT molecular complexity index is 1190. The van der Waals surface area contributed by atoms with Crippen molar-refractivity contribution in [2.24, 2.45) is 0 Å². The van der Waals surface area contributed by atoms with E-state index in [9.17, 15) is 28.3 Å². The first-order valence-corrected chi connectivity index (χ1v) is 10.6. The van der Waals surface area contributed by atoms with Crippen LogP contribution in [0.3, 0.4) is 0 Å². The standard InChI is InChI=1S/C25H26F3N3O2/c1-23(2,25(26,27)28)31-21-14-17(16-29)12-13-20(21)30-22(31)11-7-10-19(32)15-24(3,33)18-8-5-4-6-9-18/h4-6,8-9,12-14,33H,7,10-11,15H2,1-3H3. The van der Waals surface area contributed by atoms with Crippen LogP contribution in [0.25, 0.3) is 11.0 Å². The maximum absolute atomic E-state index is 13.9. The number of hydrogen-bond donors (Lipinski definition) is 1. The smallest absolute Gasteiger partial charge is 0.385 e. The summed E-state index contributed by atoms with van der Waals surface area (Å²) in [4.78, 5) is 16.9. The lowest BCUT2D eigenvalue weighted by Gasteiger charge is -2.31. The lowest BCUT2D eigenvalue weighted by atomic mass is 9.89. The van der Waals surface area contributed by atoms with Crippen molar-refractivity contribution in [1.82, 2.24) is 9.55 Å². The zero-order valence-electron chi connectivity index (χ0n) is 18.8. The summed E-state index contributed by atoms with van der Waals surface area (Å²) in [5.74, 6) is 0.0124. The lowest BCUT2D eigenvalue weighted by Crippen LogP contribution is -2.43. The van der Waals surface area contributed by atoms with Crippen LogP contribution in [0.2, 0.25) is 0 Å². The number of carbonyl (C=O) groups is 1. The van der Waals surface area contributed by atoms with Gasteiger partial charge in [-0.1, -0.05) is 30.3 Å². The van der Waals surface area contributed by atoms with Gasteiger partial charge in [0.25, 0.3) is 0 Å². The third kappa shape index (κ3) is 5.09. The highest BCUT2D eigenvalue weighted by Gasteiger charge is 2.50. The predicted octanol–water partition coefficient (Wildman–Crippen LogP) is 5.39. The summed E-state index contributed by atoms with van der Waals surface area (Å²) < 4.78 is 42.8. The number of alkyl halides is 3. The van der Waals surface area contributed by atoms with Crippen LogP contribution < -0.4 is 0 Å². The molecule has 8 heteroatoms. The first-order valence-electron chi connectivity index (χ1n) is 10.6. The van der Waals surface area contributed by atoms with Gasteiger partial charge < -0.3 is 9.67 Å². The molecule has 0 amide bonds. The topological polar surface area (TPSA) is 78.9 Å². The van der Waals surface area contributed by atoms with E-state index in [0.29, 0.717) is 11.1 Å². The average molecular weight is 457 g/mol. The Hall–Kier alpha value is -3.18. The summed E-state index contributed by atoms with van der Waals surface area (Å²) in [5, 5.41) is 19.8. The van der Waals surface area contributed by atoms with E-state index in [1.54, 1.807) is 31.2 Å². The minimum atomic E-state index is -4.55. The summed E-state index contributed by atoms with van der Waals surface area (Å²) in [5.41, 5.74) is -2.12. The van der Waals surface area contributed by atoms with Gasteiger partial charge in [0, 0.05) is 19.3 Å². The number of aryl methyl sites for hydroxylation is 1. The summed E-state index contributed by atoms with van der Waals surface area (Å²) in [7, 11) is 0. The van der Waals surface area contributed by atoms with Crippen LogP contribution in [0.15, 0.2) is 48.5 Å². The molecule has 1 atom stereocenters. The third-order valence-corrected chi connectivity index (χ3v) is 5.90. The van der Waals surface area contributed by atoms with Crippen molar-refractivity contribution < 1.29 is 23.1 Å². The van der Waals surface area contributed by atoms with Crippen LogP contribution in [0, 0.1) is 11.3 Å². The first kappa shape index (κ1) is 24.5. The van der Waals surface area contributed by atoms with Crippen molar-refractivity contribution >= 4 is 16.8 Å². The second kappa shape index (κ2) is 8.99. The molecule has 0 spiro atoms. The molecule has 1 heterocycles. The van der Waals surface area contributed by atoms with Crippen LogP contribution >= 0.6 is 0 Å². The third-order valence-electron chi connectivity index (χ3n) is 5.90. The van der Waals surface area contributed by atoms with Gasteiger partial charge in [-0.3, -0.25) is 4.79 Å². The number of rotatable bonds is 8. The molecule has 33 heavy (non-hydrogen) atoms. The van der Waals surface area contributed by atoms with Crippen molar-refractivity contribution in [2.45, 2.75) is 63.8 Å². The number of aliphatic hydroxyl groups is 1. The summed E-state index contributed by atoms with van der Waals surface area (Å²) in [6, 6.07) is 15.2. The molecule has 0 aliphatic carbocycles. The predicted molar refractivity (Wildman–Crippen MR) is 118 cm³/mol. The average Bonchev–Trinajstić information content (AvgIpc) is 3.11. The normalized spacial score (nSPS) is 14.1. The second-order valence-corrected chi connectivity index (χ2v) is 8.94. The highest BCUT2D eigenvalue weighted by Crippen LogP contribution is 2.39. The van der Waals surface area contributed by atoms with Gasteiger partial charge in [-0.15, -0.1) is 0 Å². The Labute approximate surface area is 190 Å². The van der Waals surface area contributed by atoms with Gasteiger partial charge in [0.15, 0.2) is 0 Å². The number of aromatic nitrogens is 2. The van der Waals surface area contributed by atoms with Crippen molar-refractivity contribution in [2.75, 3.05) is 0 Å². The molecule has 1 unspecified atom stereocenters. The number of benzene rings is 2. The van der Waals surface area contributed by atoms with E-state index < -0.39 is 17.3 Å². The molecule has 0 aliphatic heterocycles. The minimum Gasteiger partial charge on any atom is -0.385 e. The Morgan fingerprint density at radius 1 is 1.12 bits per heavy atom. The van der Waals surface area contributed by atoms with Gasteiger partial charge in [-0.2, -0.15) is 18.4 Å². The molecule has 0 aliphatic rings. The number of hydrogen-bond acceptors (Lipinski definition) is 4. The van der Waals surface area contributed by atoms with Crippen LogP contribution in [0.4, 0.5) is 13.2 Å². The molecule has 1 N–H and O–H groups in total. The number of imidazole rings is 1. The van der Waals surface area contributed by atoms with Gasteiger partial charge in [0.05, 0.1) is 28.3 Å². The fourth-order valence-electron chi connectivity index (χ4n) is 3.93. The van der Waals surface area contributed by atoms with Crippen LogP contribution in [-0.4, -0.2) is 26.6 Å². The monoisotopic (exact) mass is 457 g/mol. The van der Waals surface area contributed by atoms with Crippen molar-refractivity contribution in [1.29, 1.82) is 5.26 Å². The van der Waals surface area contributed by atoms with E-state index in [-0.39, 0.29) is 48.4 Å². The van der Waals surface area contributed by atoms with Crippen molar-refractivity contribution in [3.05, 3.63) is 65.5 Å². The number of carbonyl (C=O) groups excluding carboxylic acids is 1. The molecule has 174 valence electrons. The fraction of sp³-hybridized carbons (Fsp3) is 0.400. The number of ketones is 1. The zero-order chi connectivity index (χ0) is 24.4. The number of fused-ring (bicyclic) bond motifs is 1. The second-order valence-electron chi connectivity index (χ2n) is 8.94. The van der Waals surface area contributed by atoms with E-state index in [1.807, 2.05) is 12.1 Å². The molecule has 3 rings (SSSR count). The Balaban J connectivity index is 1.81. The van der Waals surface area contributed by atoms with E-state index >= 15 is 0 Å². The molecule has 0 radical (unpaired) electrons. The summed E-state index contributed by atoms with van der Waals surface area (Å²) >= 11 is 0. The number of nitriles is 1. The van der Waals surface area contributed by atoms with Gasteiger partial charge in [-0.05, 0) is 51.0 Å². The molecule has 0 bridgehead atoms. The van der Waals surface area contributed by atoms with E-state index in [0.717, 1.165) is 18.4 Å². The fourth-order valence-corrected chi connectivity index (χ4v) is 3.93. The Kier molecular flexibility index (Phi) is 6.66. The summed E-state index contributed by atoms with van der Waals surface area (Å²) in [6.07, 6.45) is -4.11.